The van der Waals surface area contributed by atoms with Crippen molar-refractivity contribution in [2.45, 2.75) is 18.6 Å². The predicted octanol–water partition coefficient (Wildman–Crippen LogP) is 3.34. The smallest absolute Gasteiger partial charge is 0.325 e. The molecule has 0 aliphatic carbocycles. The molecule has 0 amide bonds. The highest BCUT2D eigenvalue weighted by Gasteiger charge is 2.53. The van der Waals surface area contributed by atoms with Crippen molar-refractivity contribution in [2.75, 3.05) is 6.61 Å². The molecule has 1 aliphatic rings. The predicted molar refractivity (Wildman–Crippen MR) is 86.1 cm³/mol. The second-order valence-electron chi connectivity index (χ2n) is 5.38. The molecule has 1 fully saturated rings. The lowest BCUT2D eigenvalue weighted by Crippen LogP contribution is -2.16. The summed E-state index contributed by atoms with van der Waals surface area (Å²) in [6.07, 6.45) is 1.60. The second-order valence-corrected chi connectivity index (χ2v) is 5.38. The maximum Gasteiger partial charge on any atom is 0.325 e. The fourth-order valence-electron chi connectivity index (χ4n) is 2.78. The van der Waals surface area contributed by atoms with Crippen LogP contribution in [0.3, 0.4) is 0 Å². The normalized spacial score (nSPS) is 22.8. The van der Waals surface area contributed by atoms with Gasteiger partial charge in [0.2, 0.25) is 0 Å². The first kappa shape index (κ1) is 14.5. The molecule has 2 aromatic rings. The Hall–Kier alpha value is -2.39. The van der Waals surface area contributed by atoms with Gasteiger partial charge in [0.15, 0.2) is 0 Å². The van der Waals surface area contributed by atoms with Crippen LogP contribution in [0, 0.1) is 0 Å². The van der Waals surface area contributed by atoms with Crippen molar-refractivity contribution in [1.82, 2.24) is 4.90 Å². The number of esters is 1. The molecule has 0 bridgehead atoms. The van der Waals surface area contributed by atoms with E-state index in [0.717, 1.165) is 12.1 Å². The third-order valence-electron chi connectivity index (χ3n) is 3.86. The lowest BCUT2D eigenvalue weighted by atomic mass is 10.1. The number of carbonyl (C=O) groups excluding carboxylic acids is 1. The summed E-state index contributed by atoms with van der Waals surface area (Å²) in [5, 5.41) is 0. The number of hydrogen-bond acceptors (Lipinski definition) is 3. The van der Waals surface area contributed by atoms with Crippen molar-refractivity contribution < 1.29 is 9.53 Å². The van der Waals surface area contributed by atoms with Gasteiger partial charge in [0.25, 0.3) is 0 Å². The fourth-order valence-corrected chi connectivity index (χ4v) is 2.78. The molecule has 112 valence electrons. The van der Waals surface area contributed by atoms with Gasteiger partial charge in [-0.1, -0.05) is 73.3 Å². The van der Waals surface area contributed by atoms with Gasteiger partial charge in [0.1, 0.15) is 12.6 Å². The molecule has 3 nitrogen and oxygen atoms in total. The van der Waals surface area contributed by atoms with E-state index in [1.807, 2.05) is 36.4 Å². The van der Waals surface area contributed by atoms with E-state index in [2.05, 4.69) is 35.7 Å². The molecule has 22 heavy (non-hydrogen) atoms. The molecular weight excluding hydrogens is 274 g/mol. The summed E-state index contributed by atoms with van der Waals surface area (Å²) in [6, 6.07) is 20.2. The molecule has 1 unspecified atom stereocenters. The summed E-state index contributed by atoms with van der Waals surface area (Å²) in [7, 11) is 0. The van der Waals surface area contributed by atoms with Gasteiger partial charge >= 0.3 is 5.97 Å². The zero-order valence-corrected chi connectivity index (χ0v) is 12.4. The Labute approximate surface area is 130 Å². The number of rotatable bonds is 6. The third kappa shape index (κ3) is 3.10. The summed E-state index contributed by atoms with van der Waals surface area (Å²) in [6.45, 7) is 4.59. The largest absolute Gasteiger partial charge is 0.460 e. The fraction of sp³-hybridized carbons (Fsp3) is 0.211. The van der Waals surface area contributed by atoms with Crippen LogP contribution >= 0.6 is 0 Å². The van der Waals surface area contributed by atoms with Gasteiger partial charge in [-0.15, -0.1) is 0 Å². The van der Waals surface area contributed by atoms with Gasteiger partial charge in [-0.2, -0.15) is 0 Å². The summed E-state index contributed by atoms with van der Waals surface area (Å²) < 4.78 is 5.24. The van der Waals surface area contributed by atoms with Crippen LogP contribution in [-0.4, -0.2) is 23.5 Å². The quantitative estimate of drug-likeness (QED) is 0.465. The maximum atomic E-state index is 12.2. The molecule has 0 spiro atoms. The van der Waals surface area contributed by atoms with Crippen molar-refractivity contribution >= 4 is 5.97 Å². The molecule has 3 heteroatoms. The molecule has 1 saturated heterocycles. The van der Waals surface area contributed by atoms with Gasteiger partial charge in [-0.05, 0) is 11.1 Å². The maximum absolute atomic E-state index is 12.2. The molecule has 0 radical (unpaired) electrons. The minimum absolute atomic E-state index is 0.0960. The zero-order chi connectivity index (χ0) is 15.4. The second kappa shape index (κ2) is 6.58. The van der Waals surface area contributed by atoms with Crippen LogP contribution in [0.4, 0.5) is 0 Å². The summed E-state index contributed by atoms with van der Waals surface area (Å²) in [4.78, 5) is 14.4. The standard InChI is InChI=1S/C19H19NO2/c1-2-13-22-19(21)18-17(16-11-7-4-8-12-16)20(18)14-15-9-5-3-6-10-15/h2-12,17-18H,1,13-14H2/t17-,18-,20?/m1/s1. The summed E-state index contributed by atoms with van der Waals surface area (Å²) in [5.41, 5.74) is 2.35. The van der Waals surface area contributed by atoms with E-state index in [-0.39, 0.29) is 24.7 Å². The van der Waals surface area contributed by atoms with Gasteiger partial charge in [0.05, 0.1) is 6.04 Å². The van der Waals surface area contributed by atoms with E-state index >= 15 is 0 Å². The van der Waals surface area contributed by atoms with Gasteiger partial charge in [0, 0.05) is 6.54 Å². The number of carbonyl (C=O) groups is 1. The first-order valence-corrected chi connectivity index (χ1v) is 7.43. The minimum atomic E-state index is -0.206. The van der Waals surface area contributed by atoms with E-state index in [0.29, 0.717) is 0 Å². The molecule has 2 aromatic carbocycles. The molecular formula is C19H19NO2. The van der Waals surface area contributed by atoms with Crippen LogP contribution in [-0.2, 0) is 16.1 Å². The Balaban J connectivity index is 1.76. The monoisotopic (exact) mass is 293 g/mol. The highest BCUT2D eigenvalue weighted by atomic mass is 16.5. The minimum Gasteiger partial charge on any atom is -0.460 e. The van der Waals surface area contributed by atoms with Gasteiger partial charge < -0.3 is 4.74 Å². The Kier molecular flexibility index (Phi) is 4.35. The van der Waals surface area contributed by atoms with Crippen LogP contribution in [0.15, 0.2) is 73.3 Å². The molecule has 3 atom stereocenters. The zero-order valence-electron chi connectivity index (χ0n) is 12.4. The number of benzene rings is 2. The highest BCUT2D eigenvalue weighted by Crippen LogP contribution is 2.44. The summed E-state index contributed by atoms with van der Waals surface area (Å²) in [5.74, 6) is -0.176. The van der Waals surface area contributed by atoms with Crippen molar-refractivity contribution in [2.24, 2.45) is 0 Å². The van der Waals surface area contributed by atoms with Crippen LogP contribution in [0.5, 0.6) is 0 Å². The van der Waals surface area contributed by atoms with Crippen LogP contribution in [0.2, 0.25) is 0 Å². The van der Waals surface area contributed by atoms with Crippen molar-refractivity contribution in [3.63, 3.8) is 0 Å². The van der Waals surface area contributed by atoms with E-state index in [4.69, 9.17) is 4.74 Å². The Morgan fingerprint density at radius 2 is 1.73 bits per heavy atom. The van der Waals surface area contributed by atoms with Crippen LogP contribution in [0.1, 0.15) is 17.2 Å². The van der Waals surface area contributed by atoms with E-state index < -0.39 is 0 Å². The van der Waals surface area contributed by atoms with E-state index in [1.54, 1.807) is 6.08 Å². The number of ether oxygens (including phenoxy) is 1. The van der Waals surface area contributed by atoms with Crippen LogP contribution in [0.25, 0.3) is 0 Å². The average molecular weight is 293 g/mol. The van der Waals surface area contributed by atoms with E-state index in [1.165, 1.54) is 5.56 Å². The number of nitrogens with zero attached hydrogens (tertiary/aromatic N) is 1. The van der Waals surface area contributed by atoms with Crippen LogP contribution < -0.4 is 0 Å². The molecule has 1 aliphatic heterocycles. The molecule has 3 rings (SSSR count). The van der Waals surface area contributed by atoms with E-state index in [9.17, 15) is 4.79 Å². The average Bonchev–Trinajstić information content (AvgIpc) is 3.28. The van der Waals surface area contributed by atoms with Gasteiger partial charge in [-0.3, -0.25) is 9.69 Å². The molecule has 0 N–H and O–H groups in total. The van der Waals surface area contributed by atoms with Gasteiger partial charge in [-0.25, -0.2) is 0 Å². The topological polar surface area (TPSA) is 29.3 Å². The Morgan fingerprint density at radius 3 is 2.36 bits per heavy atom. The molecule has 1 heterocycles. The molecule has 0 aromatic heterocycles. The molecule has 0 saturated carbocycles. The Bertz CT molecular complexity index is 639. The SMILES string of the molecule is C=CCOC(=O)[C@H]1[C@@H](c2ccccc2)N1Cc1ccccc1. The first-order chi connectivity index (χ1) is 10.8. The first-order valence-electron chi connectivity index (χ1n) is 7.43. The lowest BCUT2D eigenvalue weighted by molar-refractivity contribution is -0.142. The summed E-state index contributed by atoms with van der Waals surface area (Å²) >= 11 is 0. The third-order valence-corrected chi connectivity index (χ3v) is 3.86. The highest BCUT2D eigenvalue weighted by molar-refractivity contribution is 5.81. The lowest BCUT2D eigenvalue weighted by Gasteiger charge is -2.04. The Morgan fingerprint density at radius 1 is 1.09 bits per heavy atom. The van der Waals surface area contributed by atoms with Crippen molar-refractivity contribution in [3.05, 3.63) is 84.4 Å². The van der Waals surface area contributed by atoms with Crippen molar-refractivity contribution in [3.8, 4) is 0 Å². The van der Waals surface area contributed by atoms with Crippen molar-refractivity contribution in [1.29, 1.82) is 0 Å². The number of hydrogen-bond donors (Lipinski definition) is 0.